The average Bonchev–Trinajstić information content (AvgIpc) is 3.41. The van der Waals surface area contributed by atoms with Crippen LogP contribution in [0.25, 0.3) is 10.2 Å². The molecule has 39 heavy (non-hydrogen) atoms. The van der Waals surface area contributed by atoms with Gasteiger partial charge in [-0.15, -0.1) is 11.3 Å². The molecule has 1 fully saturated rings. The molecular formula is C29H30N4O4S2. The van der Waals surface area contributed by atoms with Crippen LogP contribution in [-0.4, -0.2) is 49.0 Å². The number of fused-ring (bicyclic) bond motifs is 1. The number of anilines is 1. The highest BCUT2D eigenvalue weighted by atomic mass is 32.2. The predicted molar refractivity (Wildman–Crippen MR) is 155 cm³/mol. The van der Waals surface area contributed by atoms with Gasteiger partial charge in [0.25, 0.3) is 11.8 Å². The fraction of sp³-hybridized carbons (Fsp3) is 0.276. The minimum absolute atomic E-state index is 0.112. The van der Waals surface area contributed by atoms with Gasteiger partial charge in [0.05, 0.1) is 32.8 Å². The molecule has 4 aromatic rings. The summed E-state index contributed by atoms with van der Waals surface area (Å²) in [5, 5.41) is 5.00. The number of hydrogen-bond donors (Lipinski definition) is 2. The molecule has 0 spiro atoms. The first-order valence-electron chi connectivity index (χ1n) is 12.9. The molecule has 8 nitrogen and oxygen atoms in total. The topological polar surface area (TPSA) is 108 Å². The Hall–Kier alpha value is -3.76. The van der Waals surface area contributed by atoms with Gasteiger partial charge in [0.1, 0.15) is 0 Å². The highest BCUT2D eigenvalue weighted by Crippen LogP contribution is 2.36. The van der Waals surface area contributed by atoms with E-state index in [4.69, 9.17) is 0 Å². The second-order valence-electron chi connectivity index (χ2n) is 9.52. The van der Waals surface area contributed by atoms with Crippen molar-refractivity contribution in [1.29, 1.82) is 0 Å². The van der Waals surface area contributed by atoms with Crippen molar-refractivity contribution in [2.45, 2.75) is 32.2 Å². The average molecular weight is 563 g/mol. The van der Waals surface area contributed by atoms with Crippen molar-refractivity contribution in [3.8, 4) is 0 Å². The van der Waals surface area contributed by atoms with Gasteiger partial charge in [0, 0.05) is 31.2 Å². The first kappa shape index (κ1) is 26.8. The van der Waals surface area contributed by atoms with E-state index < -0.39 is 15.9 Å². The van der Waals surface area contributed by atoms with Crippen LogP contribution in [0.5, 0.6) is 0 Å². The maximum atomic E-state index is 13.8. The number of piperidine rings is 1. The van der Waals surface area contributed by atoms with Gasteiger partial charge < -0.3 is 10.2 Å². The van der Waals surface area contributed by atoms with E-state index in [1.165, 1.54) is 30.0 Å². The molecule has 5 rings (SSSR count). The molecule has 1 saturated heterocycles. The van der Waals surface area contributed by atoms with E-state index >= 15 is 0 Å². The molecule has 2 aromatic carbocycles. The molecule has 0 aliphatic carbocycles. The standard InChI is InChI=1S/C29H30N4O4S2/c1-2-39(36,37)32-28(34)24-19-38-27-25(30-17-20-9-5-3-6-10-20)23(18-31-26(24)27)29(35)33-15-13-22(14-16-33)21-11-7-4-8-12-21/h3-12,18-19,22H,2,13-17H2,1H3,(H,30,31)(H,32,34). The van der Waals surface area contributed by atoms with Gasteiger partial charge in [-0.2, -0.15) is 0 Å². The van der Waals surface area contributed by atoms with Crippen LogP contribution in [0.4, 0.5) is 5.69 Å². The minimum Gasteiger partial charge on any atom is -0.379 e. The molecular weight excluding hydrogens is 532 g/mol. The Morgan fingerprint density at radius 3 is 2.33 bits per heavy atom. The zero-order valence-electron chi connectivity index (χ0n) is 21.6. The van der Waals surface area contributed by atoms with Crippen LogP contribution >= 0.6 is 11.3 Å². The van der Waals surface area contributed by atoms with Gasteiger partial charge in [-0.25, -0.2) is 13.1 Å². The maximum absolute atomic E-state index is 13.8. The summed E-state index contributed by atoms with van der Waals surface area (Å²) >= 11 is 1.26. The molecule has 10 heteroatoms. The smallest absolute Gasteiger partial charge is 0.267 e. The lowest BCUT2D eigenvalue weighted by Gasteiger charge is -2.32. The number of sulfonamides is 1. The SMILES string of the molecule is CCS(=O)(=O)NC(=O)c1csc2c(NCc3ccccc3)c(C(=O)N3CCC(c4ccccc4)CC3)cnc12. The third-order valence-electron chi connectivity index (χ3n) is 7.05. The van der Waals surface area contributed by atoms with E-state index in [2.05, 4.69) is 27.2 Å². The molecule has 0 unspecified atom stereocenters. The van der Waals surface area contributed by atoms with Crippen molar-refractivity contribution in [2.75, 3.05) is 24.2 Å². The number of aromatic nitrogens is 1. The number of likely N-dealkylation sites (tertiary alicyclic amines) is 1. The van der Waals surface area contributed by atoms with Crippen molar-refractivity contribution >= 4 is 49.1 Å². The number of hydrogen-bond acceptors (Lipinski definition) is 7. The molecule has 0 atom stereocenters. The van der Waals surface area contributed by atoms with Crippen LogP contribution in [0, 0.1) is 0 Å². The maximum Gasteiger partial charge on any atom is 0.267 e. The highest BCUT2D eigenvalue weighted by molar-refractivity contribution is 7.90. The molecule has 2 N–H and O–H groups in total. The molecule has 0 bridgehead atoms. The van der Waals surface area contributed by atoms with Gasteiger partial charge in [0.2, 0.25) is 10.0 Å². The van der Waals surface area contributed by atoms with Crippen LogP contribution in [0.2, 0.25) is 0 Å². The quantitative estimate of drug-likeness (QED) is 0.313. The van der Waals surface area contributed by atoms with Crippen molar-refractivity contribution in [3.05, 3.63) is 94.5 Å². The normalized spacial score (nSPS) is 14.3. The zero-order valence-corrected chi connectivity index (χ0v) is 23.2. The zero-order chi connectivity index (χ0) is 27.4. The highest BCUT2D eigenvalue weighted by Gasteiger charge is 2.28. The summed E-state index contributed by atoms with van der Waals surface area (Å²) in [6.45, 7) is 3.22. The lowest BCUT2D eigenvalue weighted by molar-refractivity contribution is 0.0713. The molecule has 0 radical (unpaired) electrons. The van der Waals surface area contributed by atoms with E-state index in [9.17, 15) is 18.0 Å². The minimum atomic E-state index is -3.73. The van der Waals surface area contributed by atoms with E-state index in [0.29, 0.717) is 47.0 Å². The lowest BCUT2D eigenvalue weighted by atomic mass is 9.89. The summed E-state index contributed by atoms with van der Waals surface area (Å²) < 4.78 is 26.7. The molecule has 2 amide bonds. The number of carbonyl (C=O) groups is 2. The van der Waals surface area contributed by atoms with Crippen molar-refractivity contribution in [1.82, 2.24) is 14.6 Å². The number of carbonyl (C=O) groups excluding carboxylic acids is 2. The summed E-state index contributed by atoms with van der Waals surface area (Å²) in [4.78, 5) is 32.9. The molecule has 0 saturated carbocycles. The first-order chi connectivity index (χ1) is 18.9. The van der Waals surface area contributed by atoms with E-state index in [1.807, 2.05) is 53.4 Å². The van der Waals surface area contributed by atoms with Crippen molar-refractivity contribution in [2.24, 2.45) is 0 Å². The number of rotatable bonds is 8. The molecule has 1 aliphatic rings. The summed E-state index contributed by atoms with van der Waals surface area (Å²) in [7, 11) is -3.73. The van der Waals surface area contributed by atoms with E-state index in [1.54, 1.807) is 5.38 Å². The van der Waals surface area contributed by atoms with Crippen LogP contribution in [0.15, 0.2) is 72.2 Å². The summed E-state index contributed by atoms with van der Waals surface area (Å²) in [5.41, 5.74) is 3.89. The number of thiophene rings is 1. The monoisotopic (exact) mass is 562 g/mol. The summed E-state index contributed by atoms with van der Waals surface area (Å²) in [5.74, 6) is -0.632. The Morgan fingerprint density at radius 2 is 1.67 bits per heavy atom. The van der Waals surface area contributed by atoms with E-state index in [-0.39, 0.29) is 17.2 Å². The Bertz CT molecular complexity index is 1580. The Balaban J connectivity index is 1.44. The van der Waals surface area contributed by atoms with Crippen molar-refractivity contribution in [3.63, 3.8) is 0 Å². The summed E-state index contributed by atoms with van der Waals surface area (Å²) in [6, 6.07) is 20.2. The van der Waals surface area contributed by atoms with Gasteiger partial charge in [-0.3, -0.25) is 14.6 Å². The van der Waals surface area contributed by atoms with Crippen LogP contribution < -0.4 is 10.0 Å². The largest absolute Gasteiger partial charge is 0.379 e. The first-order valence-corrected chi connectivity index (χ1v) is 15.5. The summed E-state index contributed by atoms with van der Waals surface area (Å²) in [6.07, 6.45) is 3.26. The Labute approximate surface area is 232 Å². The number of pyridine rings is 1. The molecule has 1 aliphatic heterocycles. The van der Waals surface area contributed by atoms with Crippen LogP contribution in [-0.2, 0) is 16.6 Å². The van der Waals surface area contributed by atoms with Gasteiger partial charge in [-0.1, -0.05) is 60.7 Å². The third-order valence-corrected chi connectivity index (χ3v) is 9.30. The van der Waals surface area contributed by atoms with Gasteiger partial charge in [0.15, 0.2) is 0 Å². The Kier molecular flexibility index (Phi) is 7.94. The molecule has 2 aromatic heterocycles. The molecule has 3 heterocycles. The van der Waals surface area contributed by atoms with Crippen LogP contribution in [0.3, 0.4) is 0 Å². The third kappa shape index (κ3) is 5.97. The van der Waals surface area contributed by atoms with E-state index in [0.717, 1.165) is 18.4 Å². The number of benzene rings is 2. The number of nitrogens with zero attached hydrogens (tertiary/aromatic N) is 2. The number of amides is 2. The lowest BCUT2D eigenvalue weighted by Crippen LogP contribution is -2.38. The fourth-order valence-electron chi connectivity index (χ4n) is 4.84. The van der Waals surface area contributed by atoms with Crippen LogP contribution in [0.1, 0.15) is 57.5 Å². The van der Waals surface area contributed by atoms with Crippen molar-refractivity contribution < 1.29 is 18.0 Å². The fourth-order valence-corrected chi connectivity index (χ4v) is 6.40. The predicted octanol–water partition coefficient (Wildman–Crippen LogP) is 5.01. The second kappa shape index (κ2) is 11.5. The second-order valence-corrected chi connectivity index (χ2v) is 12.4. The number of nitrogens with one attached hydrogen (secondary N) is 2. The molecule has 202 valence electrons. The van der Waals surface area contributed by atoms with Gasteiger partial charge in [-0.05, 0) is 36.8 Å². The Morgan fingerprint density at radius 1 is 1.00 bits per heavy atom. The van der Waals surface area contributed by atoms with Gasteiger partial charge >= 0.3 is 0 Å².